The Kier molecular flexibility index (Phi) is 4.18. The molecule has 0 aliphatic heterocycles. The lowest BCUT2D eigenvalue weighted by Gasteiger charge is -2.08. The van der Waals surface area contributed by atoms with E-state index in [-0.39, 0.29) is 0 Å². The smallest absolute Gasteiger partial charge is 0.0407 e. The summed E-state index contributed by atoms with van der Waals surface area (Å²) in [5.41, 5.74) is 9.57. The lowest BCUT2D eigenvalue weighted by molar-refractivity contribution is 1.00. The van der Waals surface area contributed by atoms with Crippen LogP contribution in [0.5, 0.6) is 0 Å². The lowest BCUT2D eigenvalue weighted by Crippen LogP contribution is -1.98. The first-order chi connectivity index (χ1) is 8.31. The SMILES string of the molecule is Cc1ccccc1CSc1cnccc1CN. The number of pyridine rings is 1. The van der Waals surface area contributed by atoms with Crippen LogP contribution in [0, 0.1) is 6.92 Å². The molecule has 88 valence electrons. The summed E-state index contributed by atoms with van der Waals surface area (Å²) in [4.78, 5) is 5.33. The Morgan fingerprint density at radius 3 is 2.76 bits per heavy atom. The van der Waals surface area contributed by atoms with Gasteiger partial charge in [-0.3, -0.25) is 4.98 Å². The molecule has 0 aliphatic rings. The zero-order chi connectivity index (χ0) is 12.1. The molecule has 0 radical (unpaired) electrons. The standard InChI is InChI=1S/C14H16N2S/c1-11-4-2-3-5-13(11)10-17-14-9-16-7-6-12(14)8-15/h2-7,9H,8,10,15H2,1H3. The van der Waals surface area contributed by atoms with E-state index in [1.54, 1.807) is 18.0 Å². The van der Waals surface area contributed by atoms with Crippen LogP contribution >= 0.6 is 11.8 Å². The van der Waals surface area contributed by atoms with Crippen molar-refractivity contribution in [2.24, 2.45) is 5.73 Å². The van der Waals surface area contributed by atoms with E-state index in [1.807, 2.05) is 12.3 Å². The highest BCUT2D eigenvalue weighted by Gasteiger charge is 2.03. The van der Waals surface area contributed by atoms with E-state index >= 15 is 0 Å². The predicted octanol–water partition coefficient (Wildman–Crippen LogP) is 3.14. The van der Waals surface area contributed by atoms with Crippen molar-refractivity contribution in [3.05, 3.63) is 59.4 Å². The summed E-state index contributed by atoms with van der Waals surface area (Å²) in [6.07, 6.45) is 3.69. The molecule has 0 saturated heterocycles. The molecule has 0 atom stereocenters. The molecule has 0 saturated carbocycles. The van der Waals surface area contributed by atoms with Crippen molar-refractivity contribution in [3.8, 4) is 0 Å². The van der Waals surface area contributed by atoms with E-state index in [0.29, 0.717) is 6.54 Å². The number of thioether (sulfide) groups is 1. The molecule has 0 aliphatic carbocycles. The number of aryl methyl sites for hydroxylation is 1. The van der Waals surface area contributed by atoms with Gasteiger partial charge in [-0.15, -0.1) is 11.8 Å². The minimum atomic E-state index is 0.568. The normalized spacial score (nSPS) is 10.5. The quantitative estimate of drug-likeness (QED) is 0.840. The minimum absolute atomic E-state index is 0.568. The summed E-state index contributed by atoms with van der Waals surface area (Å²) in [5, 5.41) is 0. The van der Waals surface area contributed by atoms with Gasteiger partial charge < -0.3 is 5.73 Å². The van der Waals surface area contributed by atoms with Crippen molar-refractivity contribution < 1.29 is 0 Å². The number of rotatable bonds is 4. The molecule has 0 amide bonds. The molecule has 3 heteroatoms. The van der Waals surface area contributed by atoms with E-state index in [2.05, 4.69) is 36.2 Å². The Bertz CT molecular complexity index is 497. The van der Waals surface area contributed by atoms with Crippen LogP contribution in [0.1, 0.15) is 16.7 Å². The molecule has 2 N–H and O–H groups in total. The molecule has 2 rings (SSSR count). The molecule has 0 bridgehead atoms. The van der Waals surface area contributed by atoms with E-state index < -0.39 is 0 Å². The summed E-state index contributed by atoms with van der Waals surface area (Å²) >= 11 is 1.80. The first-order valence-corrected chi connectivity index (χ1v) is 6.60. The lowest BCUT2D eigenvalue weighted by atomic mass is 10.1. The monoisotopic (exact) mass is 244 g/mol. The molecule has 1 aromatic heterocycles. The molecule has 1 aromatic carbocycles. The number of nitrogens with two attached hydrogens (primary N) is 1. The fraction of sp³-hybridized carbons (Fsp3) is 0.214. The van der Waals surface area contributed by atoms with Crippen molar-refractivity contribution in [2.75, 3.05) is 0 Å². The summed E-state index contributed by atoms with van der Waals surface area (Å²) in [6, 6.07) is 10.4. The van der Waals surface area contributed by atoms with Crippen molar-refractivity contribution in [2.45, 2.75) is 24.1 Å². The van der Waals surface area contributed by atoms with Crippen LogP contribution in [-0.2, 0) is 12.3 Å². The van der Waals surface area contributed by atoms with E-state index in [9.17, 15) is 0 Å². The highest BCUT2D eigenvalue weighted by molar-refractivity contribution is 7.98. The van der Waals surface area contributed by atoms with Gasteiger partial charge in [0, 0.05) is 29.6 Å². The maximum atomic E-state index is 5.71. The fourth-order valence-corrected chi connectivity index (χ4v) is 2.74. The predicted molar refractivity (Wildman–Crippen MR) is 72.9 cm³/mol. The zero-order valence-electron chi connectivity index (χ0n) is 9.89. The molecule has 2 nitrogen and oxygen atoms in total. The number of benzene rings is 1. The molecular weight excluding hydrogens is 228 g/mol. The van der Waals surface area contributed by atoms with Gasteiger partial charge in [-0.05, 0) is 29.7 Å². The van der Waals surface area contributed by atoms with Crippen LogP contribution < -0.4 is 5.73 Å². The van der Waals surface area contributed by atoms with Gasteiger partial charge in [0.2, 0.25) is 0 Å². The van der Waals surface area contributed by atoms with Gasteiger partial charge in [-0.2, -0.15) is 0 Å². The van der Waals surface area contributed by atoms with Crippen LogP contribution in [-0.4, -0.2) is 4.98 Å². The third-order valence-electron chi connectivity index (χ3n) is 2.73. The summed E-state index contributed by atoms with van der Waals surface area (Å²) < 4.78 is 0. The maximum absolute atomic E-state index is 5.71. The number of nitrogens with zero attached hydrogens (tertiary/aromatic N) is 1. The first kappa shape index (κ1) is 12.1. The molecule has 0 unspecified atom stereocenters. The first-order valence-electron chi connectivity index (χ1n) is 5.61. The second kappa shape index (κ2) is 5.84. The highest BCUT2D eigenvalue weighted by Crippen LogP contribution is 2.26. The Balaban J connectivity index is 2.10. The van der Waals surface area contributed by atoms with Crippen molar-refractivity contribution in [1.29, 1.82) is 0 Å². The van der Waals surface area contributed by atoms with Crippen LogP contribution in [0.15, 0.2) is 47.6 Å². The second-order valence-electron chi connectivity index (χ2n) is 3.90. The molecule has 1 heterocycles. The Morgan fingerprint density at radius 2 is 2.00 bits per heavy atom. The van der Waals surface area contributed by atoms with Crippen molar-refractivity contribution in [3.63, 3.8) is 0 Å². The van der Waals surface area contributed by atoms with Gasteiger partial charge in [-0.1, -0.05) is 24.3 Å². The second-order valence-corrected chi connectivity index (χ2v) is 4.92. The van der Waals surface area contributed by atoms with Crippen LogP contribution in [0.25, 0.3) is 0 Å². The summed E-state index contributed by atoms with van der Waals surface area (Å²) in [7, 11) is 0. The van der Waals surface area contributed by atoms with Gasteiger partial charge in [0.15, 0.2) is 0 Å². The average molecular weight is 244 g/mol. The van der Waals surface area contributed by atoms with Gasteiger partial charge in [0.25, 0.3) is 0 Å². The zero-order valence-corrected chi connectivity index (χ0v) is 10.7. The number of hydrogen-bond acceptors (Lipinski definition) is 3. The molecular formula is C14H16N2S. The fourth-order valence-electron chi connectivity index (χ4n) is 1.63. The molecule has 2 aromatic rings. The van der Waals surface area contributed by atoms with E-state index in [1.165, 1.54) is 21.6 Å². The minimum Gasteiger partial charge on any atom is -0.326 e. The molecule has 17 heavy (non-hydrogen) atoms. The number of hydrogen-bond donors (Lipinski definition) is 1. The van der Waals surface area contributed by atoms with Crippen LogP contribution in [0.3, 0.4) is 0 Å². The van der Waals surface area contributed by atoms with E-state index in [4.69, 9.17) is 5.73 Å². The van der Waals surface area contributed by atoms with Gasteiger partial charge in [-0.25, -0.2) is 0 Å². The number of aromatic nitrogens is 1. The summed E-state index contributed by atoms with van der Waals surface area (Å²) in [5.74, 6) is 0.964. The van der Waals surface area contributed by atoms with Crippen molar-refractivity contribution >= 4 is 11.8 Å². The Labute approximate surface area is 106 Å². The highest BCUT2D eigenvalue weighted by atomic mass is 32.2. The van der Waals surface area contributed by atoms with Gasteiger partial charge in [0.05, 0.1) is 0 Å². The van der Waals surface area contributed by atoms with Gasteiger partial charge >= 0.3 is 0 Å². The maximum Gasteiger partial charge on any atom is 0.0407 e. The average Bonchev–Trinajstić information content (AvgIpc) is 2.38. The third kappa shape index (κ3) is 3.08. The van der Waals surface area contributed by atoms with Crippen molar-refractivity contribution in [1.82, 2.24) is 4.98 Å². The Hall–Kier alpha value is -1.32. The molecule has 0 fully saturated rings. The third-order valence-corrected chi connectivity index (χ3v) is 3.87. The van der Waals surface area contributed by atoms with E-state index in [0.717, 1.165) is 5.75 Å². The van der Waals surface area contributed by atoms with Crippen LogP contribution in [0.2, 0.25) is 0 Å². The largest absolute Gasteiger partial charge is 0.326 e. The van der Waals surface area contributed by atoms with Crippen LogP contribution in [0.4, 0.5) is 0 Å². The Morgan fingerprint density at radius 1 is 1.18 bits per heavy atom. The summed E-state index contributed by atoms with van der Waals surface area (Å²) in [6.45, 7) is 2.71. The molecule has 0 spiro atoms. The van der Waals surface area contributed by atoms with Gasteiger partial charge in [0.1, 0.15) is 0 Å². The topological polar surface area (TPSA) is 38.9 Å².